The van der Waals surface area contributed by atoms with Gasteiger partial charge in [0.2, 0.25) is 0 Å². The first kappa shape index (κ1) is 13.1. The number of unbranched alkanes of at least 4 members (excludes halogenated alkanes) is 1. The summed E-state index contributed by atoms with van der Waals surface area (Å²) in [6, 6.07) is 6.40. The smallest absolute Gasteiger partial charge is 0.0408 e. The fourth-order valence-corrected chi connectivity index (χ4v) is 2.12. The fourth-order valence-electron chi connectivity index (χ4n) is 1.89. The van der Waals surface area contributed by atoms with Crippen molar-refractivity contribution in [3.05, 3.63) is 34.3 Å². The van der Waals surface area contributed by atoms with Gasteiger partial charge >= 0.3 is 0 Å². The van der Waals surface area contributed by atoms with Crippen molar-refractivity contribution in [3.8, 4) is 12.3 Å². The molecule has 1 nitrogen and oxygen atoms in total. The molecule has 86 valence electrons. The quantitative estimate of drug-likeness (QED) is 0.606. The van der Waals surface area contributed by atoms with Crippen molar-refractivity contribution >= 4 is 11.6 Å². The summed E-state index contributed by atoms with van der Waals surface area (Å²) in [6.45, 7) is 2.09. The molecule has 0 spiro atoms. The maximum Gasteiger partial charge on any atom is 0.0408 e. The Bertz CT molecular complexity index is 379. The summed E-state index contributed by atoms with van der Waals surface area (Å²) in [5.74, 6) is 2.67. The first-order valence-electron chi connectivity index (χ1n) is 5.55. The summed E-state index contributed by atoms with van der Waals surface area (Å²) >= 11 is 5.94. The molecule has 1 unspecified atom stereocenters. The minimum Gasteiger partial charge on any atom is -0.313 e. The molecule has 0 saturated heterocycles. The Kier molecular flexibility index (Phi) is 5.38. The lowest BCUT2D eigenvalue weighted by Gasteiger charge is -2.18. The van der Waals surface area contributed by atoms with E-state index in [1.54, 1.807) is 0 Å². The second kappa shape index (κ2) is 6.58. The number of halogens is 1. The molecule has 0 aliphatic rings. The SMILES string of the molecule is C#CCCCC(NC)c1ccc(Cl)cc1C. The summed E-state index contributed by atoms with van der Waals surface area (Å²) in [4.78, 5) is 0. The van der Waals surface area contributed by atoms with Crippen LogP contribution < -0.4 is 5.32 Å². The third-order valence-electron chi connectivity index (χ3n) is 2.77. The molecule has 0 aliphatic carbocycles. The molecular formula is C14H18ClN. The van der Waals surface area contributed by atoms with Gasteiger partial charge in [0.15, 0.2) is 0 Å². The van der Waals surface area contributed by atoms with Crippen LogP contribution in [0.4, 0.5) is 0 Å². The highest BCUT2D eigenvalue weighted by molar-refractivity contribution is 6.30. The Morgan fingerprint density at radius 2 is 2.25 bits per heavy atom. The summed E-state index contributed by atoms with van der Waals surface area (Å²) in [6.07, 6.45) is 8.20. The first-order chi connectivity index (χ1) is 7.69. The van der Waals surface area contributed by atoms with Crippen LogP contribution in [0.15, 0.2) is 18.2 Å². The summed E-state index contributed by atoms with van der Waals surface area (Å²) in [7, 11) is 1.98. The van der Waals surface area contributed by atoms with Crippen LogP contribution in [0.2, 0.25) is 5.02 Å². The zero-order valence-electron chi connectivity index (χ0n) is 9.89. The van der Waals surface area contributed by atoms with Gasteiger partial charge < -0.3 is 5.32 Å². The average Bonchev–Trinajstić information content (AvgIpc) is 2.26. The van der Waals surface area contributed by atoms with Crippen LogP contribution in [0.3, 0.4) is 0 Å². The molecule has 0 aromatic heterocycles. The minimum atomic E-state index is 0.366. The highest BCUT2D eigenvalue weighted by Gasteiger charge is 2.11. The molecule has 0 fully saturated rings. The van der Waals surface area contributed by atoms with Crippen LogP contribution in [0, 0.1) is 19.3 Å². The summed E-state index contributed by atoms with van der Waals surface area (Å²) in [5.41, 5.74) is 2.54. The van der Waals surface area contributed by atoms with Gasteiger partial charge in [-0.05, 0) is 50.1 Å². The number of nitrogens with one attached hydrogen (secondary N) is 1. The molecule has 1 aromatic carbocycles. The molecule has 0 bridgehead atoms. The van der Waals surface area contributed by atoms with Gasteiger partial charge in [-0.15, -0.1) is 12.3 Å². The van der Waals surface area contributed by atoms with Crippen LogP contribution in [-0.4, -0.2) is 7.05 Å². The van der Waals surface area contributed by atoms with Gasteiger partial charge in [0.1, 0.15) is 0 Å². The van der Waals surface area contributed by atoms with E-state index < -0.39 is 0 Å². The molecule has 0 aliphatic heterocycles. The van der Waals surface area contributed by atoms with E-state index in [1.165, 1.54) is 11.1 Å². The van der Waals surface area contributed by atoms with Crippen LogP contribution in [0.5, 0.6) is 0 Å². The van der Waals surface area contributed by atoms with E-state index in [9.17, 15) is 0 Å². The summed E-state index contributed by atoms with van der Waals surface area (Å²) < 4.78 is 0. The molecule has 1 aromatic rings. The van der Waals surface area contributed by atoms with Crippen molar-refractivity contribution in [3.63, 3.8) is 0 Å². The standard InChI is InChI=1S/C14H18ClN/c1-4-5-6-7-14(16-3)13-9-8-12(15)10-11(13)2/h1,8-10,14,16H,5-7H2,2-3H3. The van der Waals surface area contributed by atoms with Gasteiger partial charge in [-0.25, -0.2) is 0 Å². The maximum absolute atomic E-state index is 5.94. The zero-order valence-corrected chi connectivity index (χ0v) is 10.6. The number of benzene rings is 1. The number of terminal acetylenes is 1. The van der Waals surface area contributed by atoms with Gasteiger partial charge in [0.05, 0.1) is 0 Å². The third-order valence-corrected chi connectivity index (χ3v) is 3.00. The van der Waals surface area contributed by atoms with Crippen LogP contribution in [0.25, 0.3) is 0 Å². The van der Waals surface area contributed by atoms with E-state index in [4.69, 9.17) is 18.0 Å². The molecule has 1 N–H and O–H groups in total. The Morgan fingerprint density at radius 3 is 2.81 bits per heavy atom. The van der Waals surface area contributed by atoms with Gasteiger partial charge in [-0.1, -0.05) is 17.7 Å². The zero-order chi connectivity index (χ0) is 12.0. The summed E-state index contributed by atoms with van der Waals surface area (Å²) in [5, 5.41) is 4.12. The monoisotopic (exact) mass is 235 g/mol. The highest BCUT2D eigenvalue weighted by atomic mass is 35.5. The van der Waals surface area contributed by atoms with Crippen molar-refractivity contribution in [1.82, 2.24) is 5.32 Å². The van der Waals surface area contributed by atoms with Gasteiger partial charge in [-0.3, -0.25) is 0 Å². The second-order valence-corrected chi connectivity index (χ2v) is 4.37. The van der Waals surface area contributed by atoms with E-state index >= 15 is 0 Å². The maximum atomic E-state index is 5.94. The van der Waals surface area contributed by atoms with Crippen LogP contribution in [0.1, 0.15) is 36.4 Å². The molecule has 16 heavy (non-hydrogen) atoms. The number of hydrogen-bond acceptors (Lipinski definition) is 1. The normalized spacial score (nSPS) is 12.1. The van der Waals surface area contributed by atoms with Crippen molar-refractivity contribution in [1.29, 1.82) is 0 Å². The Morgan fingerprint density at radius 1 is 1.50 bits per heavy atom. The molecule has 0 amide bonds. The van der Waals surface area contributed by atoms with Crippen molar-refractivity contribution in [2.24, 2.45) is 0 Å². The molecule has 0 heterocycles. The highest BCUT2D eigenvalue weighted by Crippen LogP contribution is 2.24. The average molecular weight is 236 g/mol. The molecular weight excluding hydrogens is 218 g/mol. The first-order valence-corrected chi connectivity index (χ1v) is 5.93. The van der Waals surface area contributed by atoms with Crippen molar-refractivity contribution < 1.29 is 0 Å². The Labute approximate surface area is 103 Å². The van der Waals surface area contributed by atoms with Crippen LogP contribution >= 0.6 is 11.6 Å². The lowest BCUT2D eigenvalue weighted by atomic mass is 9.97. The number of aryl methyl sites for hydroxylation is 1. The van der Waals surface area contributed by atoms with Gasteiger partial charge in [-0.2, -0.15) is 0 Å². The number of rotatable bonds is 5. The van der Waals surface area contributed by atoms with Crippen molar-refractivity contribution in [2.75, 3.05) is 7.05 Å². The third kappa shape index (κ3) is 3.56. The van der Waals surface area contributed by atoms with Crippen LogP contribution in [-0.2, 0) is 0 Å². The Balaban J connectivity index is 2.75. The van der Waals surface area contributed by atoms with E-state index in [2.05, 4.69) is 24.2 Å². The number of hydrogen-bond donors (Lipinski definition) is 1. The lowest BCUT2D eigenvalue weighted by molar-refractivity contribution is 0.530. The van der Waals surface area contributed by atoms with E-state index in [0.29, 0.717) is 6.04 Å². The molecule has 0 saturated carbocycles. The van der Waals surface area contributed by atoms with E-state index in [1.807, 2.05) is 19.2 Å². The molecule has 1 rings (SSSR count). The van der Waals surface area contributed by atoms with Crippen molar-refractivity contribution in [2.45, 2.75) is 32.2 Å². The molecule has 2 heteroatoms. The predicted octanol–water partition coefficient (Wildman–Crippen LogP) is 3.71. The Hall–Kier alpha value is -0.970. The molecule has 1 atom stereocenters. The van der Waals surface area contributed by atoms with Gasteiger partial charge in [0, 0.05) is 17.5 Å². The second-order valence-electron chi connectivity index (χ2n) is 3.94. The van der Waals surface area contributed by atoms with E-state index in [0.717, 1.165) is 24.3 Å². The topological polar surface area (TPSA) is 12.0 Å². The lowest BCUT2D eigenvalue weighted by Crippen LogP contribution is -2.17. The largest absolute Gasteiger partial charge is 0.313 e. The van der Waals surface area contributed by atoms with Gasteiger partial charge in [0.25, 0.3) is 0 Å². The molecule has 0 radical (unpaired) electrons. The fraction of sp³-hybridized carbons (Fsp3) is 0.429. The minimum absolute atomic E-state index is 0.366. The van der Waals surface area contributed by atoms with E-state index in [-0.39, 0.29) is 0 Å². The predicted molar refractivity (Wildman–Crippen MR) is 70.7 cm³/mol.